The van der Waals surface area contributed by atoms with E-state index in [1.165, 1.54) is 0 Å². The van der Waals surface area contributed by atoms with E-state index >= 15 is 0 Å². The number of ether oxygens (including phenoxy) is 1. The summed E-state index contributed by atoms with van der Waals surface area (Å²) in [7, 11) is 0. The third-order valence-corrected chi connectivity index (χ3v) is 3.10. The van der Waals surface area contributed by atoms with E-state index < -0.39 is 0 Å². The molecular formula is C10H17NO2. The van der Waals surface area contributed by atoms with Crippen molar-refractivity contribution in [2.75, 3.05) is 19.8 Å². The topological polar surface area (TPSA) is 29.5 Å². The molecule has 0 saturated carbocycles. The molecule has 0 unspecified atom stereocenters. The second-order valence-corrected chi connectivity index (χ2v) is 4.47. The minimum absolute atomic E-state index is 0.0986. The minimum atomic E-state index is 0.0986. The zero-order valence-corrected chi connectivity index (χ0v) is 8.38. The predicted octanol–water partition coefficient (Wildman–Crippen LogP) is 1.03. The van der Waals surface area contributed by atoms with Crippen LogP contribution in [0.4, 0.5) is 0 Å². The highest BCUT2D eigenvalue weighted by molar-refractivity contribution is 5.79. The number of nitrogens with zero attached hydrogens (tertiary/aromatic N) is 1. The molecule has 3 nitrogen and oxygen atoms in total. The van der Waals surface area contributed by atoms with E-state index in [1.807, 2.05) is 18.7 Å². The number of amides is 1. The van der Waals surface area contributed by atoms with Crippen LogP contribution in [0.25, 0.3) is 0 Å². The third-order valence-electron chi connectivity index (χ3n) is 3.10. The Morgan fingerprint density at radius 2 is 2.15 bits per heavy atom. The monoisotopic (exact) mass is 183 g/mol. The molecule has 2 rings (SSSR count). The van der Waals surface area contributed by atoms with Crippen LogP contribution in [0.5, 0.6) is 0 Å². The Hall–Kier alpha value is -0.570. The van der Waals surface area contributed by atoms with Gasteiger partial charge in [-0.25, -0.2) is 0 Å². The van der Waals surface area contributed by atoms with Gasteiger partial charge in [0.15, 0.2) is 0 Å². The number of carbonyl (C=O) groups excluding carboxylic acids is 1. The molecule has 0 aromatic heterocycles. The molecule has 2 heterocycles. The van der Waals surface area contributed by atoms with Crippen LogP contribution >= 0.6 is 0 Å². The summed E-state index contributed by atoms with van der Waals surface area (Å²) in [5, 5.41) is 0. The fourth-order valence-corrected chi connectivity index (χ4v) is 2.23. The van der Waals surface area contributed by atoms with Crippen molar-refractivity contribution in [3.05, 3.63) is 0 Å². The molecule has 13 heavy (non-hydrogen) atoms. The predicted molar refractivity (Wildman–Crippen MR) is 49.3 cm³/mol. The molecule has 2 saturated heterocycles. The van der Waals surface area contributed by atoms with Crippen molar-refractivity contribution in [1.29, 1.82) is 0 Å². The zero-order valence-electron chi connectivity index (χ0n) is 8.38. The van der Waals surface area contributed by atoms with E-state index in [-0.39, 0.29) is 11.5 Å². The average Bonchev–Trinajstić information content (AvgIpc) is 2.44. The van der Waals surface area contributed by atoms with Gasteiger partial charge in [-0.2, -0.15) is 0 Å². The number of hydrogen-bond acceptors (Lipinski definition) is 2. The van der Waals surface area contributed by atoms with Gasteiger partial charge in [-0.05, 0) is 12.8 Å². The molecule has 1 spiro atoms. The second-order valence-electron chi connectivity index (χ2n) is 4.47. The standard InChI is InChI=1S/C10H17NO2/c1-8(2)9(12)11-5-3-4-10(11)6-13-7-10/h8H,3-7H2,1-2H3. The van der Waals surface area contributed by atoms with E-state index in [1.54, 1.807) is 0 Å². The van der Waals surface area contributed by atoms with E-state index in [2.05, 4.69) is 0 Å². The lowest BCUT2D eigenvalue weighted by atomic mass is 9.93. The Balaban J connectivity index is 2.09. The van der Waals surface area contributed by atoms with Gasteiger partial charge < -0.3 is 9.64 Å². The average molecular weight is 183 g/mol. The molecule has 2 fully saturated rings. The molecule has 2 aliphatic rings. The molecule has 1 amide bonds. The number of carbonyl (C=O) groups is 1. The molecule has 0 aromatic carbocycles. The molecule has 0 aromatic rings. The van der Waals surface area contributed by atoms with Crippen molar-refractivity contribution in [1.82, 2.24) is 4.90 Å². The van der Waals surface area contributed by atoms with Crippen LogP contribution in [-0.4, -0.2) is 36.1 Å². The molecule has 0 atom stereocenters. The molecule has 74 valence electrons. The first-order valence-corrected chi connectivity index (χ1v) is 5.05. The summed E-state index contributed by atoms with van der Waals surface area (Å²) in [5.41, 5.74) is 0.0986. The summed E-state index contributed by atoms with van der Waals surface area (Å²) in [6.07, 6.45) is 2.27. The van der Waals surface area contributed by atoms with E-state index in [0.717, 1.165) is 32.6 Å². The summed E-state index contributed by atoms with van der Waals surface area (Å²) in [4.78, 5) is 13.9. The third kappa shape index (κ3) is 1.26. The van der Waals surface area contributed by atoms with Crippen LogP contribution in [0.2, 0.25) is 0 Å². The largest absolute Gasteiger partial charge is 0.376 e. The van der Waals surface area contributed by atoms with Gasteiger partial charge in [0.25, 0.3) is 0 Å². The summed E-state index contributed by atoms with van der Waals surface area (Å²) in [5.74, 6) is 0.413. The van der Waals surface area contributed by atoms with E-state index in [9.17, 15) is 4.79 Å². The molecule has 3 heteroatoms. The van der Waals surface area contributed by atoms with E-state index in [0.29, 0.717) is 5.91 Å². The van der Waals surface area contributed by atoms with Crippen molar-refractivity contribution in [2.45, 2.75) is 32.2 Å². The number of likely N-dealkylation sites (tertiary alicyclic amines) is 1. The summed E-state index contributed by atoms with van der Waals surface area (Å²) < 4.78 is 5.23. The molecule has 2 aliphatic heterocycles. The molecule has 0 aliphatic carbocycles. The number of rotatable bonds is 1. The highest BCUT2D eigenvalue weighted by atomic mass is 16.5. The van der Waals surface area contributed by atoms with Crippen molar-refractivity contribution in [3.63, 3.8) is 0 Å². The Morgan fingerprint density at radius 3 is 2.62 bits per heavy atom. The van der Waals surface area contributed by atoms with E-state index in [4.69, 9.17) is 4.74 Å². The lowest BCUT2D eigenvalue weighted by Crippen LogP contribution is -2.61. The van der Waals surface area contributed by atoms with Crippen LogP contribution < -0.4 is 0 Å². The van der Waals surface area contributed by atoms with Gasteiger partial charge >= 0.3 is 0 Å². The summed E-state index contributed by atoms with van der Waals surface area (Å²) >= 11 is 0. The summed E-state index contributed by atoms with van der Waals surface area (Å²) in [6, 6.07) is 0. The summed E-state index contributed by atoms with van der Waals surface area (Å²) in [6.45, 7) is 6.37. The fourth-order valence-electron chi connectivity index (χ4n) is 2.23. The van der Waals surface area contributed by atoms with Gasteiger partial charge in [-0.3, -0.25) is 4.79 Å². The van der Waals surface area contributed by atoms with Crippen molar-refractivity contribution >= 4 is 5.91 Å². The van der Waals surface area contributed by atoms with Crippen molar-refractivity contribution in [3.8, 4) is 0 Å². The first kappa shape index (κ1) is 9.00. The lowest BCUT2D eigenvalue weighted by molar-refractivity contribution is -0.161. The van der Waals surface area contributed by atoms with Crippen molar-refractivity contribution in [2.24, 2.45) is 5.92 Å². The highest BCUT2D eigenvalue weighted by Gasteiger charge is 2.49. The van der Waals surface area contributed by atoms with Crippen LogP contribution in [0.15, 0.2) is 0 Å². The Labute approximate surface area is 79.0 Å². The normalized spacial score (nSPS) is 25.3. The Bertz CT molecular complexity index is 221. The lowest BCUT2D eigenvalue weighted by Gasteiger charge is -2.45. The Morgan fingerprint density at radius 1 is 1.46 bits per heavy atom. The molecule has 0 radical (unpaired) electrons. The first-order chi connectivity index (χ1) is 6.16. The van der Waals surface area contributed by atoms with Gasteiger partial charge in [0.1, 0.15) is 0 Å². The van der Waals surface area contributed by atoms with Crippen LogP contribution in [0.3, 0.4) is 0 Å². The van der Waals surface area contributed by atoms with Gasteiger partial charge in [0.2, 0.25) is 5.91 Å². The maximum atomic E-state index is 11.8. The maximum absolute atomic E-state index is 11.8. The van der Waals surface area contributed by atoms with Gasteiger partial charge in [0.05, 0.1) is 18.8 Å². The first-order valence-electron chi connectivity index (χ1n) is 5.05. The maximum Gasteiger partial charge on any atom is 0.225 e. The second kappa shape index (κ2) is 2.98. The smallest absolute Gasteiger partial charge is 0.225 e. The fraction of sp³-hybridized carbons (Fsp3) is 0.900. The SMILES string of the molecule is CC(C)C(=O)N1CCCC12COC2. The highest BCUT2D eigenvalue weighted by Crippen LogP contribution is 2.36. The van der Waals surface area contributed by atoms with Crippen molar-refractivity contribution < 1.29 is 9.53 Å². The van der Waals surface area contributed by atoms with Crippen LogP contribution in [0, 0.1) is 5.92 Å². The molecule has 0 bridgehead atoms. The minimum Gasteiger partial charge on any atom is -0.376 e. The van der Waals surface area contributed by atoms with Crippen LogP contribution in [0.1, 0.15) is 26.7 Å². The van der Waals surface area contributed by atoms with Gasteiger partial charge in [0, 0.05) is 12.5 Å². The quantitative estimate of drug-likeness (QED) is 0.607. The molecular weight excluding hydrogens is 166 g/mol. The van der Waals surface area contributed by atoms with Gasteiger partial charge in [-0.15, -0.1) is 0 Å². The zero-order chi connectivity index (χ0) is 9.47. The Kier molecular flexibility index (Phi) is 2.06. The molecule has 0 N–H and O–H groups in total. The van der Waals surface area contributed by atoms with Gasteiger partial charge in [-0.1, -0.05) is 13.8 Å². The number of hydrogen-bond donors (Lipinski definition) is 0. The van der Waals surface area contributed by atoms with Crippen LogP contribution in [-0.2, 0) is 9.53 Å².